The van der Waals surface area contributed by atoms with Crippen LogP contribution in [0.15, 0.2) is 32.5 Å². The highest BCUT2D eigenvalue weighted by molar-refractivity contribution is 9.11. The van der Waals surface area contributed by atoms with Crippen molar-refractivity contribution >= 4 is 60.8 Å². The van der Waals surface area contributed by atoms with Crippen molar-refractivity contribution in [3.8, 4) is 0 Å². The molecule has 2 N–H and O–H groups in total. The predicted molar refractivity (Wildman–Crippen MR) is 85.8 cm³/mol. The fourth-order valence-electron chi connectivity index (χ4n) is 1.51. The van der Waals surface area contributed by atoms with E-state index < -0.39 is 5.97 Å². The molecule has 0 radical (unpaired) electrons. The Morgan fingerprint density at radius 2 is 1.95 bits per heavy atom. The largest absolute Gasteiger partial charge is 0.478 e. The van der Waals surface area contributed by atoms with Gasteiger partial charge in [-0.05, 0) is 68.6 Å². The number of carbonyl (C=O) groups is 2. The highest BCUT2D eigenvalue weighted by Crippen LogP contribution is 2.29. The molecule has 0 saturated carbocycles. The van der Waals surface area contributed by atoms with Crippen LogP contribution in [-0.2, 0) is 0 Å². The molecule has 0 fully saturated rings. The van der Waals surface area contributed by atoms with Gasteiger partial charge >= 0.3 is 5.97 Å². The smallest absolute Gasteiger partial charge is 0.335 e. The number of rotatable bonds is 3. The van der Waals surface area contributed by atoms with Crippen LogP contribution in [0, 0.1) is 6.92 Å². The number of hydrogen-bond acceptors (Lipinski definition) is 3. The molecule has 0 atom stereocenters. The second-order valence-electron chi connectivity index (χ2n) is 4.02. The lowest BCUT2D eigenvalue weighted by Crippen LogP contribution is -2.11. The van der Waals surface area contributed by atoms with Gasteiger partial charge in [-0.2, -0.15) is 0 Å². The molecular weight excluding hydrogens is 410 g/mol. The molecule has 104 valence electrons. The molecule has 1 amide bonds. The predicted octanol–water partition coefficient (Wildman–Crippen LogP) is 4.53. The summed E-state index contributed by atoms with van der Waals surface area (Å²) in [5.74, 6) is -1.31. The van der Waals surface area contributed by atoms with Crippen molar-refractivity contribution < 1.29 is 14.7 Å². The Balaban J connectivity index is 2.27. The molecule has 1 heterocycles. The molecule has 4 nitrogen and oxygen atoms in total. The van der Waals surface area contributed by atoms with E-state index in [1.54, 1.807) is 12.1 Å². The van der Waals surface area contributed by atoms with Gasteiger partial charge in [0.15, 0.2) is 0 Å². The number of anilines is 1. The maximum absolute atomic E-state index is 12.1. The summed E-state index contributed by atoms with van der Waals surface area (Å²) >= 11 is 7.98. The zero-order chi connectivity index (χ0) is 14.9. The lowest BCUT2D eigenvalue weighted by molar-refractivity contribution is 0.0696. The Labute approximate surface area is 136 Å². The van der Waals surface area contributed by atoms with E-state index in [0.29, 0.717) is 15.0 Å². The van der Waals surface area contributed by atoms with Gasteiger partial charge in [0.1, 0.15) is 0 Å². The summed E-state index contributed by atoms with van der Waals surface area (Å²) in [6.45, 7) is 1.90. The van der Waals surface area contributed by atoms with E-state index in [2.05, 4.69) is 37.2 Å². The van der Waals surface area contributed by atoms with E-state index >= 15 is 0 Å². The minimum Gasteiger partial charge on any atom is -0.478 e. The first-order chi connectivity index (χ1) is 9.38. The number of thiophene rings is 1. The van der Waals surface area contributed by atoms with Crippen LogP contribution >= 0.6 is 43.2 Å². The molecule has 1 aromatic carbocycles. The first-order valence-electron chi connectivity index (χ1n) is 5.48. The second kappa shape index (κ2) is 6.07. The molecule has 0 unspecified atom stereocenters. The van der Waals surface area contributed by atoms with Crippen molar-refractivity contribution in [1.82, 2.24) is 0 Å². The quantitative estimate of drug-likeness (QED) is 0.769. The number of carboxylic acid groups (broad SMARTS) is 1. The van der Waals surface area contributed by atoms with E-state index in [9.17, 15) is 9.59 Å². The third-order valence-electron chi connectivity index (χ3n) is 2.54. The van der Waals surface area contributed by atoms with Crippen molar-refractivity contribution in [2.45, 2.75) is 6.92 Å². The molecule has 20 heavy (non-hydrogen) atoms. The number of halogens is 2. The minimum atomic E-state index is -1.04. The highest BCUT2D eigenvalue weighted by atomic mass is 79.9. The number of aromatic carboxylic acids is 1. The first kappa shape index (κ1) is 15.2. The van der Waals surface area contributed by atoms with Crippen LogP contribution < -0.4 is 5.32 Å². The van der Waals surface area contributed by atoms with Crippen molar-refractivity contribution in [2.75, 3.05) is 5.32 Å². The Hall–Kier alpha value is -1.18. The van der Waals surface area contributed by atoms with Gasteiger partial charge in [-0.25, -0.2) is 4.79 Å². The average Bonchev–Trinajstić information content (AvgIpc) is 2.72. The summed E-state index contributed by atoms with van der Waals surface area (Å²) in [7, 11) is 0. The lowest BCUT2D eigenvalue weighted by Gasteiger charge is -2.07. The van der Waals surface area contributed by atoms with E-state index in [4.69, 9.17) is 5.11 Å². The van der Waals surface area contributed by atoms with Crippen molar-refractivity contribution in [1.29, 1.82) is 0 Å². The molecule has 0 saturated heterocycles. The molecule has 2 aromatic rings. The summed E-state index contributed by atoms with van der Waals surface area (Å²) in [6, 6.07) is 6.25. The van der Waals surface area contributed by atoms with Gasteiger partial charge in [-0.15, -0.1) is 11.3 Å². The number of aryl methyl sites for hydroxylation is 1. The molecule has 7 heteroatoms. The van der Waals surface area contributed by atoms with E-state index in [0.717, 1.165) is 9.35 Å². The van der Waals surface area contributed by atoms with Crippen LogP contribution in [0.1, 0.15) is 25.6 Å². The Kier molecular flexibility index (Phi) is 4.62. The Morgan fingerprint density at radius 3 is 2.50 bits per heavy atom. The van der Waals surface area contributed by atoms with Gasteiger partial charge in [0, 0.05) is 4.47 Å². The molecule has 0 aliphatic heterocycles. The number of benzene rings is 1. The van der Waals surface area contributed by atoms with Gasteiger partial charge in [0.2, 0.25) is 0 Å². The molecule has 0 bridgehead atoms. The van der Waals surface area contributed by atoms with E-state index in [1.165, 1.54) is 23.5 Å². The summed E-state index contributed by atoms with van der Waals surface area (Å²) in [4.78, 5) is 23.6. The average molecular weight is 419 g/mol. The minimum absolute atomic E-state index is 0.118. The third-order valence-corrected chi connectivity index (χ3v) is 5.37. The Bertz CT molecular complexity index is 677. The van der Waals surface area contributed by atoms with Crippen molar-refractivity contribution in [3.05, 3.63) is 48.5 Å². The lowest BCUT2D eigenvalue weighted by atomic mass is 10.2. The molecular formula is C13H9Br2NO3S. The summed E-state index contributed by atoms with van der Waals surface area (Å²) in [6.07, 6.45) is 0. The zero-order valence-electron chi connectivity index (χ0n) is 10.2. The van der Waals surface area contributed by atoms with Crippen LogP contribution in [0.3, 0.4) is 0 Å². The number of amides is 1. The SMILES string of the molecule is Cc1cc(C(=O)Nc2cc(C(=O)O)ccc2Br)sc1Br. The third kappa shape index (κ3) is 3.28. The summed E-state index contributed by atoms with van der Waals surface area (Å²) in [5, 5.41) is 11.7. The van der Waals surface area contributed by atoms with Crippen LogP contribution in [0.4, 0.5) is 5.69 Å². The first-order valence-corrected chi connectivity index (χ1v) is 7.89. The fraction of sp³-hybridized carbons (Fsp3) is 0.0769. The molecule has 1 aromatic heterocycles. The van der Waals surface area contributed by atoms with Gasteiger partial charge in [0.25, 0.3) is 5.91 Å². The molecule has 2 rings (SSSR count). The standard InChI is InChI=1S/C13H9Br2NO3S/c1-6-4-10(20-11(6)15)12(17)16-9-5-7(13(18)19)2-3-8(9)14/h2-5H,1H3,(H,16,17)(H,18,19). The number of carboxylic acids is 1. The fourth-order valence-corrected chi connectivity index (χ4v) is 3.29. The molecule has 0 aliphatic rings. The molecule has 0 aliphatic carbocycles. The van der Waals surface area contributed by atoms with E-state index in [-0.39, 0.29) is 11.5 Å². The maximum Gasteiger partial charge on any atom is 0.335 e. The monoisotopic (exact) mass is 417 g/mol. The van der Waals surface area contributed by atoms with Crippen molar-refractivity contribution in [2.24, 2.45) is 0 Å². The van der Waals surface area contributed by atoms with Crippen LogP contribution in [0.5, 0.6) is 0 Å². The van der Waals surface area contributed by atoms with E-state index in [1.807, 2.05) is 6.92 Å². The van der Waals surface area contributed by atoms with Gasteiger partial charge in [-0.3, -0.25) is 4.79 Å². The van der Waals surface area contributed by atoms with Crippen molar-refractivity contribution in [3.63, 3.8) is 0 Å². The normalized spacial score (nSPS) is 10.3. The van der Waals surface area contributed by atoms with Gasteiger partial charge < -0.3 is 10.4 Å². The van der Waals surface area contributed by atoms with Crippen LogP contribution in [0.25, 0.3) is 0 Å². The summed E-state index contributed by atoms with van der Waals surface area (Å²) < 4.78 is 1.53. The Morgan fingerprint density at radius 1 is 1.25 bits per heavy atom. The maximum atomic E-state index is 12.1. The number of nitrogens with one attached hydrogen (secondary N) is 1. The van der Waals surface area contributed by atoms with Crippen LogP contribution in [0.2, 0.25) is 0 Å². The topological polar surface area (TPSA) is 66.4 Å². The van der Waals surface area contributed by atoms with Crippen LogP contribution in [-0.4, -0.2) is 17.0 Å². The van der Waals surface area contributed by atoms with Gasteiger partial charge in [0.05, 0.1) is 19.9 Å². The number of carbonyl (C=O) groups excluding carboxylic acids is 1. The molecule has 0 spiro atoms. The summed E-state index contributed by atoms with van der Waals surface area (Å²) in [5.41, 5.74) is 1.53. The second-order valence-corrected chi connectivity index (χ2v) is 7.25. The highest BCUT2D eigenvalue weighted by Gasteiger charge is 2.14. The van der Waals surface area contributed by atoms with Gasteiger partial charge in [-0.1, -0.05) is 0 Å². The zero-order valence-corrected chi connectivity index (χ0v) is 14.2. The number of hydrogen-bond donors (Lipinski definition) is 2.